The van der Waals surface area contributed by atoms with Crippen LogP contribution in [0.3, 0.4) is 0 Å². The van der Waals surface area contributed by atoms with Gasteiger partial charge in [0.05, 0.1) is 12.1 Å². The Hall–Kier alpha value is -1.52. The Kier molecular flexibility index (Phi) is 4.41. The van der Waals surface area contributed by atoms with Crippen molar-refractivity contribution >= 4 is 28.5 Å². The molecule has 2 N–H and O–H groups in total. The Morgan fingerprint density at radius 1 is 1.32 bits per heavy atom. The highest BCUT2D eigenvalue weighted by Crippen LogP contribution is 2.28. The summed E-state index contributed by atoms with van der Waals surface area (Å²) in [4.78, 5) is 12.3. The van der Waals surface area contributed by atoms with E-state index in [9.17, 15) is 9.90 Å². The quantitative estimate of drug-likeness (QED) is 0.903. The second-order valence-corrected chi connectivity index (χ2v) is 6.50. The van der Waals surface area contributed by atoms with Gasteiger partial charge in [-0.05, 0) is 56.9 Å². The van der Waals surface area contributed by atoms with E-state index in [-0.39, 0.29) is 24.0 Å². The summed E-state index contributed by atoms with van der Waals surface area (Å²) < 4.78 is 5.78. The highest BCUT2D eigenvalue weighted by Gasteiger charge is 2.26. The van der Waals surface area contributed by atoms with E-state index in [1.807, 2.05) is 25.1 Å². The van der Waals surface area contributed by atoms with Gasteiger partial charge in [0, 0.05) is 16.3 Å². The molecule has 2 aromatic rings. The number of benzene rings is 1. The Morgan fingerprint density at radius 3 is 2.77 bits per heavy atom. The van der Waals surface area contributed by atoms with Crippen molar-refractivity contribution in [2.24, 2.45) is 5.92 Å². The third-order valence-corrected chi connectivity index (χ3v) is 4.59. The number of halogens is 1. The molecule has 0 radical (unpaired) electrons. The number of hydrogen-bond donors (Lipinski definition) is 2. The molecule has 1 aliphatic carbocycles. The lowest BCUT2D eigenvalue weighted by Gasteiger charge is -2.25. The van der Waals surface area contributed by atoms with E-state index in [1.54, 1.807) is 6.07 Å². The molecule has 22 heavy (non-hydrogen) atoms. The zero-order chi connectivity index (χ0) is 15.7. The average Bonchev–Trinajstić information content (AvgIpc) is 2.91. The molecule has 1 atom stereocenters. The number of carbonyl (C=O) groups is 1. The number of nitrogens with one attached hydrogen (secondary N) is 1. The van der Waals surface area contributed by atoms with Gasteiger partial charge in [0.15, 0.2) is 0 Å². The first-order valence-corrected chi connectivity index (χ1v) is 8.08. The summed E-state index contributed by atoms with van der Waals surface area (Å²) in [6.07, 6.45) is 2.65. The van der Waals surface area contributed by atoms with Crippen LogP contribution in [0, 0.1) is 5.92 Å². The minimum atomic E-state index is -0.249. The van der Waals surface area contributed by atoms with E-state index in [1.165, 1.54) is 0 Å². The third-order valence-electron chi connectivity index (χ3n) is 4.35. The molecule has 1 amide bonds. The molecular formula is C17H20ClNO3. The molecule has 118 valence electrons. The molecule has 1 aromatic heterocycles. The van der Waals surface area contributed by atoms with E-state index >= 15 is 0 Å². The molecule has 4 nitrogen and oxygen atoms in total. The van der Waals surface area contributed by atoms with Gasteiger partial charge in [0.2, 0.25) is 5.91 Å². The van der Waals surface area contributed by atoms with Gasteiger partial charge >= 0.3 is 0 Å². The summed E-state index contributed by atoms with van der Waals surface area (Å²) in [5.74, 6) is 0.754. The van der Waals surface area contributed by atoms with Crippen molar-refractivity contribution in [3.8, 4) is 0 Å². The number of fused-ring (bicyclic) bond motifs is 1. The first-order chi connectivity index (χ1) is 10.5. The maximum Gasteiger partial charge on any atom is 0.223 e. The van der Waals surface area contributed by atoms with Gasteiger partial charge in [-0.3, -0.25) is 4.79 Å². The van der Waals surface area contributed by atoms with Gasteiger partial charge < -0.3 is 14.8 Å². The van der Waals surface area contributed by atoms with Gasteiger partial charge in [-0.25, -0.2) is 0 Å². The van der Waals surface area contributed by atoms with Crippen molar-refractivity contribution < 1.29 is 14.3 Å². The number of aliphatic hydroxyl groups excluding tert-OH is 1. The third kappa shape index (κ3) is 3.28. The van der Waals surface area contributed by atoms with Crippen molar-refractivity contribution in [1.29, 1.82) is 0 Å². The van der Waals surface area contributed by atoms with Crippen LogP contribution < -0.4 is 5.32 Å². The zero-order valence-corrected chi connectivity index (χ0v) is 13.3. The number of furan rings is 1. The summed E-state index contributed by atoms with van der Waals surface area (Å²) >= 11 is 5.97. The van der Waals surface area contributed by atoms with Crippen molar-refractivity contribution in [2.45, 2.75) is 44.8 Å². The highest BCUT2D eigenvalue weighted by atomic mass is 35.5. The second kappa shape index (κ2) is 6.31. The molecule has 1 saturated carbocycles. The Labute approximate surface area is 134 Å². The first kappa shape index (κ1) is 15.4. The number of aliphatic hydroxyl groups is 1. The average molecular weight is 322 g/mol. The van der Waals surface area contributed by atoms with Crippen LogP contribution in [0.2, 0.25) is 5.02 Å². The summed E-state index contributed by atoms with van der Waals surface area (Å²) in [7, 11) is 0. The first-order valence-electron chi connectivity index (χ1n) is 7.70. The zero-order valence-electron chi connectivity index (χ0n) is 12.5. The Bertz CT molecular complexity index is 674. The summed E-state index contributed by atoms with van der Waals surface area (Å²) in [5.41, 5.74) is 0.765. The van der Waals surface area contributed by atoms with E-state index in [0.29, 0.717) is 17.9 Å². The van der Waals surface area contributed by atoms with Crippen LogP contribution in [-0.4, -0.2) is 17.1 Å². The standard InChI is InChI=1S/C17H20ClNO3/c1-10(19-17(21)11-2-5-14(20)6-3-11)16-9-12-8-13(18)4-7-15(12)22-16/h4,7-11,14,20H,2-3,5-6H2,1H3,(H,19,21). The van der Waals surface area contributed by atoms with Crippen molar-refractivity contribution in [2.75, 3.05) is 0 Å². The SMILES string of the molecule is CC(NC(=O)C1CCC(O)CC1)c1cc2cc(Cl)ccc2o1. The normalized spacial score (nSPS) is 23.4. The molecule has 0 spiro atoms. The molecule has 1 aromatic carbocycles. The molecule has 1 fully saturated rings. The summed E-state index contributed by atoms with van der Waals surface area (Å²) in [5, 5.41) is 14.1. The van der Waals surface area contributed by atoms with Gasteiger partial charge in [-0.2, -0.15) is 0 Å². The molecular weight excluding hydrogens is 302 g/mol. The maximum atomic E-state index is 12.3. The van der Waals surface area contributed by atoms with Crippen molar-refractivity contribution in [3.05, 3.63) is 35.0 Å². The fourth-order valence-electron chi connectivity index (χ4n) is 2.99. The van der Waals surface area contributed by atoms with Gasteiger partial charge in [0.25, 0.3) is 0 Å². The molecule has 0 aliphatic heterocycles. The van der Waals surface area contributed by atoms with E-state index in [0.717, 1.165) is 29.6 Å². The summed E-state index contributed by atoms with van der Waals surface area (Å²) in [6.45, 7) is 1.91. The number of amides is 1. The molecule has 1 aliphatic rings. The number of hydrogen-bond acceptors (Lipinski definition) is 3. The predicted octanol–water partition coefficient (Wildman–Crippen LogP) is 3.81. The van der Waals surface area contributed by atoms with Crippen LogP contribution in [0.4, 0.5) is 0 Å². The lowest BCUT2D eigenvalue weighted by atomic mass is 9.87. The molecule has 5 heteroatoms. The van der Waals surface area contributed by atoms with Crippen molar-refractivity contribution in [1.82, 2.24) is 5.32 Å². The number of rotatable bonds is 3. The maximum absolute atomic E-state index is 12.3. The molecule has 0 bridgehead atoms. The minimum absolute atomic E-state index is 0.00956. The number of carbonyl (C=O) groups excluding carboxylic acids is 1. The highest BCUT2D eigenvalue weighted by molar-refractivity contribution is 6.31. The van der Waals surface area contributed by atoms with Crippen LogP contribution in [0.15, 0.2) is 28.7 Å². The van der Waals surface area contributed by atoms with E-state index in [2.05, 4.69) is 5.32 Å². The largest absolute Gasteiger partial charge is 0.459 e. The molecule has 0 saturated heterocycles. The Balaban J connectivity index is 1.67. The van der Waals surface area contributed by atoms with Crippen LogP contribution in [-0.2, 0) is 4.79 Å². The predicted molar refractivity (Wildman–Crippen MR) is 85.7 cm³/mol. The molecule has 3 rings (SSSR count). The lowest BCUT2D eigenvalue weighted by molar-refractivity contribution is -0.127. The van der Waals surface area contributed by atoms with Crippen LogP contribution in [0.1, 0.15) is 44.4 Å². The fourth-order valence-corrected chi connectivity index (χ4v) is 3.17. The smallest absolute Gasteiger partial charge is 0.223 e. The van der Waals surface area contributed by atoms with Gasteiger partial charge in [0.1, 0.15) is 11.3 Å². The molecule has 1 unspecified atom stereocenters. The van der Waals surface area contributed by atoms with Gasteiger partial charge in [-0.1, -0.05) is 11.6 Å². The molecule has 1 heterocycles. The van der Waals surface area contributed by atoms with Crippen LogP contribution in [0.5, 0.6) is 0 Å². The monoisotopic (exact) mass is 321 g/mol. The van der Waals surface area contributed by atoms with Crippen LogP contribution in [0.25, 0.3) is 11.0 Å². The Morgan fingerprint density at radius 2 is 2.05 bits per heavy atom. The van der Waals surface area contributed by atoms with E-state index in [4.69, 9.17) is 16.0 Å². The van der Waals surface area contributed by atoms with E-state index < -0.39 is 0 Å². The van der Waals surface area contributed by atoms with Crippen molar-refractivity contribution in [3.63, 3.8) is 0 Å². The summed E-state index contributed by atoms with van der Waals surface area (Å²) in [6, 6.07) is 7.19. The van der Waals surface area contributed by atoms with Crippen LogP contribution >= 0.6 is 11.6 Å². The second-order valence-electron chi connectivity index (χ2n) is 6.07. The lowest BCUT2D eigenvalue weighted by Crippen LogP contribution is -2.35. The topological polar surface area (TPSA) is 62.5 Å². The fraction of sp³-hybridized carbons (Fsp3) is 0.471. The minimum Gasteiger partial charge on any atom is -0.459 e. The van der Waals surface area contributed by atoms with Gasteiger partial charge in [-0.15, -0.1) is 0 Å².